The Morgan fingerprint density at radius 2 is 2.00 bits per heavy atom. The molecule has 0 aliphatic carbocycles. The molecule has 5 nitrogen and oxygen atoms in total. The molecule has 0 spiro atoms. The molecule has 1 aromatic heterocycles. The van der Waals surface area contributed by atoms with Crippen molar-refractivity contribution in [2.24, 2.45) is 7.05 Å². The average Bonchev–Trinajstić information content (AvgIpc) is 2.71. The van der Waals surface area contributed by atoms with Crippen molar-refractivity contribution in [3.8, 4) is 0 Å². The third-order valence-corrected chi connectivity index (χ3v) is 3.84. The number of nitrogens with one attached hydrogen (secondary N) is 2. The van der Waals surface area contributed by atoms with Gasteiger partial charge in [-0.15, -0.1) is 0 Å². The van der Waals surface area contributed by atoms with Gasteiger partial charge in [0.15, 0.2) is 0 Å². The normalized spacial score (nSPS) is 10.5. The molecule has 21 heavy (non-hydrogen) atoms. The van der Waals surface area contributed by atoms with E-state index in [-0.39, 0.29) is 5.91 Å². The van der Waals surface area contributed by atoms with Gasteiger partial charge >= 0.3 is 0 Å². The zero-order valence-corrected chi connectivity index (χ0v) is 13.2. The monoisotopic (exact) mass is 286 g/mol. The Labute approximate surface area is 125 Å². The Kier molecular flexibility index (Phi) is 4.31. The number of anilines is 1. The number of hydrogen-bond donors (Lipinski definition) is 2. The molecule has 1 amide bonds. The number of carbonyl (C=O) groups is 1. The molecule has 0 radical (unpaired) electrons. The first kappa shape index (κ1) is 15.1. The number of rotatable bonds is 4. The van der Waals surface area contributed by atoms with Gasteiger partial charge in [0.25, 0.3) is 5.91 Å². The summed E-state index contributed by atoms with van der Waals surface area (Å²) in [5.41, 5.74) is 6.12. The van der Waals surface area contributed by atoms with Crippen molar-refractivity contribution in [2.75, 3.05) is 12.4 Å². The maximum atomic E-state index is 11.7. The van der Waals surface area contributed by atoms with Crippen LogP contribution in [0.15, 0.2) is 18.2 Å². The first-order valence-electron chi connectivity index (χ1n) is 6.99. The van der Waals surface area contributed by atoms with Gasteiger partial charge in [-0.1, -0.05) is 6.07 Å². The molecule has 0 saturated heterocycles. The van der Waals surface area contributed by atoms with Crippen molar-refractivity contribution in [3.63, 3.8) is 0 Å². The summed E-state index contributed by atoms with van der Waals surface area (Å²) >= 11 is 0. The molecule has 0 fully saturated rings. The fourth-order valence-corrected chi connectivity index (χ4v) is 2.35. The van der Waals surface area contributed by atoms with Gasteiger partial charge in [-0.05, 0) is 38.5 Å². The number of hydrogen-bond acceptors (Lipinski definition) is 3. The lowest BCUT2D eigenvalue weighted by Gasteiger charge is -2.11. The summed E-state index contributed by atoms with van der Waals surface area (Å²) in [5, 5.41) is 10.5. The van der Waals surface area contributed by atoms with Crippen LogP contribution in [0.5, 0.6) is 0 Å². The fraction of sp³-hybridized carbons (Fsp3) is 0.375. The van der Waals surface area contributed by atoms with E-state index in [1.807, 2.05) is 43.8 Å². The van der Waals surface area contributed by atoms with Gasteiger partial charge in [0.05, 0.1) is 5.69 Å². The fourth-order valence-electron chi connectivity index (χ4n) is 2.35. The molecule has 5 heteroatoms. The molecule has 1 heterocycles. The van der Waals surface area contributed by atoms with Crippen LogP contribution in [0.2, 0.25) is 0 Å². The average molecular weight is 286 g/mol. The maximum absolute atomic E-state index is 11.7. The number of benzene rings is 1. The van der Waals surface area contributed by atoms with E-state index in [2.05, 4.69) is 22.7 Å². The Morgan fingerprint density at radius 3 is 2.57 bits per heavy atom. The van der Waals surface area contributed by atoms with Crippen LogP contribution in [0.4, 0.5) is 5.69 Å². The molecule has 0 aliphatic heterocycles. The lowest BCUT2D eigenvalue weighted by Crippen LogP contribution is -2.18. The van der Waals surface area contributed by atoms with Crippen LogP contribution in [-0.2, 0) is 13.6 Å². The van der Waals surface area contributed by atoms with E-state index >= 15 is 0 Å². The molecule has 0 unspecified atom stereocenters. The van der Waals surface area contributed by atoms with Crippen LogP contribution in [0.3, 0.4) is 0 Å². The van der Waals surface area contributed by atoms with E-state index in [1.165, 1.54) is 5.56 Å². The molecule has 0 bridgehead atoms. The molecule has 0 saturated carbocycles. The van der Waals surface area contributed by atoms with Crippen LogP contribution >= 0.6 is 0 Å². The van der Waals surface area contributed by atoms with Crippen LogP contribution in [-0.4, -0.2) is 22.7 Å². The summed E-state index contributed by atoms with van der Waals surface area (Å²) in [4.78, 5) is 11.7. The number of nitrogens with zero attached hydrogens (tertiary/aromatic N) is 2. The highest BCUT2D eigenvalue weighted by Crippen LogP contribution is 2.20. The third kappa shape index (κ3) is 3.07. The van der Waals surface area contributed by atoms with Crippen LogP contribution in [0.1, 0.15) is 32.9 Å². The standard InChI is InChI=1S/C16H22N4O/c1-10-6-7-13(16(21)17-4)8-15(10)18-9-14-11(2)19-20(5)12(14)3/h6-8,18H,9H2,1-5H3,(H,17,21). The number of aryl methyl sites for hydroxylation is 3. The smallest absolute Gasteiger partial charge is 0.251 e. The minimum absolute atomic E-state index is 0.0770. The van der Waals surface area contributed by atoms with Crippen LogP contribution in [0, 0.1) is 20.8 Å². The molecule has 1 aromatic carbocycles. The van der Waals surface area contributed by atoms with Crippen LogP contribution < -0.4 is 10.6 Å². The maximum Gasteiger partial charge on any atom is 0.251 e. The number of aromatic nitrogens is 2. The third-order valence-electron chi connectivity index (χ3n) is 3.84. The molecule has 2 N–H and O–H groups in total. The van der Waals surface area contributed by atoms with Crippen molar-refractivity contribution < 1.29 is 4.79 Å². The number of amides is 1. The first-order chi connectivity index (χ1) is 9.93. The van der Waals surface area contributed by atoms with Gasteiger partial charge in [0.2, 0.25) is 0 Å². The van der Waals surface area contributed by atoms with E-state index in [9.17, 15) is 4.79 Å². The van der Waals surface area contributed by atoms with E-state index in [0.717, 1.165) is 22.6 Å². The molecule has 112 valence electrons. The molecular weight excluding hydrogens is 264 g/mol. The SMILES string of the molecule is CNC(=O)c1ccc(C)c(NCc2c(C)nn(C)c2C)c1. The van der Waals surface area contributed by atoms with Gasteiger partial charge < -0.3 is 10.6 Å². The van der Waals surface area contributed by atoms with E-state index in [1.54, 1.807) is 7.05 Å². The van der Waals surface area contributed by atoms with E-state index < -0.39 is 0 Å². The largest absolute Gasteiger partial charge is 0.381 e. The highest BCUT2D eigenvalue weighted by atomic mass is 16.1. The Balaban J connectivity index is 2.21. The highest BCUT2D eigenvalue weighted by molar-refractivity contribution is 5.95. The predicted octanol–water partition coefficient (Wildman–Crippen LogP) is 2.32. The summed E-state index contributed by atoms with van der Waals surface area (Å²) in [6.45, 7) is 6.80. The second kappa shape index (κ2) is 5.99. The van der Waals surface area contributed by atoms with E-state index in [4.69, 9.17) is 0 Å². The molecular formula is C16H22N4O. The molecule has 2 aromatic rings. The minimum atomic E-state index is -0.0770. The molecule has 0 atom stereocenters. The van der Waals surface area contributed by atoms with Crippen LogP contribution in [0.25, 0.3) is 0 Å². The lowest BCUT2D eigenvalue weighted by molar-refractivity contribution is 0.0963. The van der Waals surface area contributed by atoms with Gasteiger partial charge in [-0.25, -0.2) is 0 Å². The first-order valence-corrected chi connectivity index (χ1v) is 6.99. The second-order valence-corrected chi connectivity index (χ2v) is 5.24. The Morgan fingerprint density at radius 1 is 1.29 bits per heavy atom. The molecule has 0 aliphatic rings. The highest BCUT2D eigenvalue weighted by Gasteiger charge is 2.10. The van der Waals surface area contributed by atoms with Gasteiger partial charge in [-0.3, -0.25) is 9.48 Å². The minimum Gasteiger partial charge on any atom is -0.381 e. The zero-order chi connectivity index (χ0) is 15.6. The molecule has 2 rings (SSSR count). The summed E-state index contributed by atoms with van der Waals surface area (Å²) in [7, 11) is 3.58. The summed E-state index contributed by atoms with van der Waals surface area (Å²) < 4.78 is 1.89. The summed E-state index contributed by atoms with van der Waals surface area (Å²) in [5.74, 6) is -0.0770. The van der Waals surface area contributed by atoms with Crippen molar-refractivity contribution in [1.82, 2.24) is 15.1 Å². The zero-order valence-electron chi connectivity index (χ0n) is 13.2. The lowest BCUT2D eigenvalue weighted by atomic mass is 10.1. The van der Waals surface area contributed by atoms with Crippen molar-refractivity contribution in [3.05, 3.63) is 46.3 Å². The second-order valence-electron chi connectivity index (χ2n) is 5.24. The predicted molar refractivity (Wildman–Crippen MR) is 84.6 cm³/mol. The summed E-state index contributed by atoms with van der Waals surface area (Å²) in [6.07, 6.45) is 0. The van der Waals surface area contributed by atoms with Crippen molar-refractivity contribution in [1.29, 1.82) is 0 Å². The Hall–Kier alpha value is -2.30. The van der Waals surface area contributed by atoms with Gasteiger partial charge in [0, 0.05) is 43.1 Å². The van der Waals surface area contributed by atoms with E-state index in [0.29, 0.717) is 12.1 Å². The quantitative estimate of drug-likeness (QED) is 0.907. The van der Waals surface area contributed by atoms with Gasteiger partial charge in [-0.2, -0.15) is 5.10 Å². The van der Waals surface area contributed by atoms with Crippen molar-refractivity contribution >= 4 is 11.6 Å². The Bertz CT molecular complexity index is 673. The topological polar surface area (TPSA) is 59.0 Å². The van der Waals surface area contributed by atoms with Crippen molar-refractivity contribution in [2.45, 2.75) is 27.3 Å². The van der Waals surface area contributed by atoms with Gasteiger partial charge in [0.1, 0.15) is 0 Å². The summed E-state index contributed by atoms with van der Waals surface area (Å²) in [6, 6.07) is 5.67. The number of carbonyl (C=O) groups excluding carboxylic acids is 1.